The van der Waals surface area contributed by atoms with Crippen molar-refractivity contribution in [2.24, 2.45) is 0 Å². The zero-order valence-electron chi connectivity index (χ0n) is 16.0. The lowest BCUT2D eigenvalue weighted by Crippen LogP contribution is -2.27. The van der Waals surface area contributed by atoms with Crippen LogP contribution in [0.5, 0.6) is 11.6 Å². The van der Waals surface area contributed by atoms with Gasteiger partial charge in [0.25, 0.3) is 5.91 Å². The minimum atomic E-state index is -0.221. The van der Waals surface area contributed by atoms with Crippen LogP contribution >= 0.6 is 15.9 Å². The van der Waals surface area contributed by atoms with Gasteiger partial charge in [-0.05, 0) is 49.2 Å². The van der Waals surface area contributed by atoms with E-state index < -0.39 is 0 Å². The van der Waals surface area contributed by atoms with Crippen molar-refractivity contribution in [1.29, 1.82) is 0 Å². The van der Waals surface area contributed by atoms with Crippen LogP contribution in [0.15, 0.2) is 47.1 Å². The molecule has 0 radical (unpaired) electrons. The molecule has 0 unspecified atom stereocenters. The monoisotopic (exact) mass is 455 g/mol. The second-order valence-corrected chi connectivity index (χ2v) is 7.83. The first-order chi connectivity index (χ1) is 14.2. The molecule has 150 valence electrons. The number of amides is 1. The Bertz CT molecular complexity index is 987. The van der Waals surface area contributed by atoms with Crippen molar-refractivity contribution in [3.63, 3.8) is 0 Å². The van der Waals surface area contributed by atoms with Crippen molar-refractivity contribution in [2.45, 2.75) is 38.6 Å². The number of nitrogens with one attached hydrogen (secondary N) is 1. The van der Waals surface area contributed by atoms with E-state index in [1.165, 1.54) is 6.42 Å². The third-order valence-corrected chi connectivity index (χ3v) is 5.39. The molecular formula is C21H22BrN5O2. The molecule has 0 spiro atoms. The lowest BCUT2D eigenvalue weighted by molar-refractivity contribution is 0.0951. The van der Waals surface area contributed by atoms with Crippen LogP contribution in [0, 0.1) is 0 Å². The standard InChI is InChI=1S/C21H22BrN5O2/c22-15-7-9-16(10-8-15)29-21-17(5-4-12-24-21)20(28)23-13-11-19-26-25-18-6-2-1-3-14-27(18)19/h4-5,7-10,12H,1-3,6,11,13-14H2,(H,23,28). The summed E-state index contributed by atoms with van der Waals surface area (Å²) in [4.78, 5) is 16.9. The molecule has 0 saturated carbocycles. The summed E-state index contributed by atoms with van der Waals surface area (Å²) >= 11 is 3.39. The van der Waals surface area contributed by atoms with Crippen LogP contribution in [-0.2, 0) is 19.4 Å². The van der Waals surface area contributed by atoms with E-state index in [4.69, 9.17) is 4.74 Å². The minimum absolute atomic E-state index is 0.221. The van der Waals surface area contributed by atoms with Gasteiger partial charge in [0.15, 0.2) is 0 Å². The van der Waals surface area contributed by atoms with Gasteiger partial charge in [-0.15, -0.1) is 10.2 Å². The van der Waals surface area contributed by atoms with E-state index in [1.54, 1.807) is 18.3 Å². The predicted octanol–water partition coefficient (Wildman–Crippen LogP) is 3.93. The van der Waals surface area contributed by atoms with Crippen molar-refractivity contribution < 1.29 is 9.53 Å². The van der Waals surface area contributed by atoms with Gasteiger partial charge in [0.1, 0.15) is 23.0 Å². The largest absolute Gasteiger partial charge is 0.438 e. The minimum Gasteiger partial charge on any atom is -0.438 e. The van der Waals surface area contributed by atoms with Gasteiger partial charge in [-0.1, -0.05) is 22.4 Å². The lowest BCUT2D eigenvalue weighted by atomic mass is 10.2. The topological polar surface area (TPSA) is 81.9 Å². The SMILES string of the molecule is O=C(NCCc1nnc2n1CCCCC2)c1cccnc1Oc1ccc(Br)cc1. The molecule has 1 N–H and O–H groups in total. The molecule has 0 saturated heterocycles. The van der Waals surface area contributed by atoms with Crippen LogP contribution in [0.25, 0.3) is 0 Å². The first-order valence-electron chi connectivity index (χ1n) is 9.78. The van der Waals surface area contributed by atoms with Gasteiger partial charge in [-0.2, -0.15) is 0 Å². The number of pyridine rings is 1. The first-order valence-corrected chi connectivity index (χ1v) is 10.6. The molecule has 1 aliphatic rings. The van der Waals surface area contributed by atoms with E-state index in [9.17, 15) is 4.79 Å². The van der Waals surface area contributed by atoms with Crippen LogP contribution < -0.4 is 10.1 Å². The van der Waals surface area contributed by atoms with E-state index in [2.05, 4.69) is 41.0 Å². The molecule has 7 nitrogen and oxygen atoms in total. The number of nitrogens with zero attached hydrogens (tertiary/aromatic N) is 4. The molecule has 0 atom stereocenters. The van der Waals surface area contributed by atoms with Crippen LogP contribution in [0.3, 0.4) is 0 Å². The summed E-state index contributed by atoms with van der Waals surface area (Å²) in [5.41, 5.74) is 0.399. The molecule has 0 aliphatic carbocycles. The van der Waals surface area contributed by atoms with Crippen molar-refractivity contribution in [2.75, 3.05) is 6.54 Å². The summed E-state index contributed by atoms with van der Waals surface area (Å²) in [6.45, 7) is 1.43. The molecule has 1 aromatic carbocycles. The van der Waals surface area contributed by atoms with E-state index in [1.807, 2.05) is 24.3 Å². The lowest BCUT2D eigenvalue weighted by Gasteiger charge is -2.11. The van der Waals surface area contributed by atoms with E-state index >= 15 is 0 Å². The summed E-state index contributed by atoms with van der Waals surface area (Å²) in [6.07, 6.45) is 6.76. The van der Waals surface area contributed by atoms with Crippen molar-refractivity contribution in [3.8, 4) is 11.6 Å². The number of carbonyl (C=O) groups is 1. The molecule has 3 aromatic rings. The fourth-order valence-electron chi connectivity index (χ4n) is 3.37. The highest BCUT2D eigenvalue weighted by Crippen LogP contribution is 2.24. The Kier molecular flexibility index (Phi) is 6.19. The number of hydrogen-bond donors (Lipinski definition) is 1. The molecule has 0 bridgehead atoms. The summed E-state index contributed by atoms with van der Waals surface area (Å²) in [7, 11) is 0. The molecule has 1 amide bonds. The number of carbonyl (C=O) groups excluding carboxylic acids is 1. The van der Waals surface area contributed by atoms with Crippen LogP contribution in [-0.4, -0.2) is 32.2 Å². The second-order valence-electron chi connectivity index (χ2n) is 6.91. The number of fused-ring (bicyclic) bond motifs is 1. The quantitative estimate of drug-likeness (QED) is 0.608. The van der Waals surface area contributed by atoms with E-state index in [-0.39, 0.29) is 11.8 Å². The molecule has 3 heterocycles. The van der Waals surface area contributed by atoms with Crippen LogP contribution in [0.2, 0.25) is 0 Å². The Morgan fingerprint density at radius 1 is 1.14 bits per heavy atom. The second kappa shape index (κ2) is 9.17. The highest BCUT2D eigenvalue weighted by atomic mass is 79.9. The third kappa shape index (κ3) is 4.82. The Morgan fingerprint density at radius 3 is 2.86 bits per heavy atom. The predicted molar refractivity (Wildman–Crippen MR) is 112 cm³/mol. The molecule has 2 aromatic heterocycles. The smallest absolute Gasteiger partial charge is 0.256 e. The van der Waals surface area contributed by atoms with Gasteiger partial charge < -0.3 is 14.6 Å². The fourth-order valence-corrected chi connectivity index (χ4v) is 3.64. The number of halogens is 1. The molecule has 0 fully saturated rings. The highest BCUT2D eigenvalue weighted by Gasteiger charge is 2.17. The van der Waals surface area contributed by atoms with Crippen LogP contribution in [0.4, 0.5) is 0 Å². The van der Waals surface area contributed by atoms with Gasteiger partial charge >= 0.3 is 0 Å². The van der Waals surface area contributed by atoms with Gasteiger partial charge in [0, 0.05) is 36.6 Å². The number of benzene rings is 1. The molecule has 4 rings (SSSR count). The van der Waals surface area contributed by atoms with E-state index in [0.29, 0.717) is 24.3 Å². The maximum absolute atomic E-state index is 12.7. The Labute approximate surface area is 177 Å². The average molecular weight is 456 g/mol. The molecular weight excluding hydrogens is 434 g/mol. The Morgan fingerprint density at radius 2 is 2.00 bits per heavy atom. The highest BCUT2D eigenvalue weighted by molar-refractivity contribution is 9.10. The van der Waals surface area contributed by atoms with Crippen molar-refractivity contribution in [1.82, 2.24) is 25.1 Å². The number of aromatic nitrogens is 4. The van der Waals surface area contributed by atoms with E-state index in [0.717, 1.165) is 41.9 Å². The number of ether oxygens (including phenoxy) is 1. The average Bonchev–Trinajstić information content (AvgIpc) is 2.96. The molecule has 8 heteroatoms. The number of aryl methyl sites for hydroxylation is 1. The summed E-state index contributed by atoms with van der Waals surface area (Å²) in [5, 5.41) is 11.6. The summed E-state index contributed by atoms with van der Waals surface area (Å²) in [5.74, 6) is 2.66. The third-order valence-electron chi connectivity index (χ3n) is 4.86. The van der Waals surface area contributed by atoms with Crippen molar-refractivity contribution in [3.05, 3.63) is 64.3 Å². The number of hydrogen-bond acceptors (Lipinski definition) is 5. The zero-order chi connectivity index (χ0) is 20.1. The van der Waals surface area contributed by atoms with Crippen molar-refractivity contribution >= 4 is 21.8 Å². The van der Waals surface area contributed by atoms with Gasteiger partial charge in [-0.3, -0.25) is 4.79 Å². The zero-order valence-corrected chi connectivity index (χ0v) is 17.6. The summed E-state index contributed by atoms with van der Waals surface area (Å²) < 4.78 is 8.96. The maximum atomic E-state index is 12.7. The molecule has 1 aliphatic heterocycles. The number of rotatable bonds is 6. The summed E-state index contributed by atoms with van der Waals surface area (Å²) in [6, 6.07) is 10.8. The maximum Gasteiger partial charge on any atom is 0.256 e. The fraction of sp³-hybridized carbons (Fsp3) is 0.333. The molecule has 29 heavy (non-hydrogen) atoms. The first kappa shape index (κ1) is 19.6. The van der Waals surface area contributed by atoms with Gasteiger partial charge in [0.05, 0.1) is 0 Å². The van der Waals surface area contributed by atoms with Crippen LogP contribution in [0.1, 0.15) is 41.3 Å². The normalized spacial score (nSPS) is 13.4. The van der Waals surface area contributed by atoms with Gasteiger partial charge in [-0.25, -0.2) is 4.98 Å². The van der Waals surface area contributed by atoms with Gasteiger partial charge in [0.2, 0.25) is 5.88 Å². The Balaban J connectivity index is 1.39. The Hall–Kier alpha value is -2.74.